The molecule has 0 bridgehead atoms. The molecule has 1 aliphatic rings. The normalized spacial score (nSPS) is 14.8. The van der Waals surface area contributed by atoms with Gasteiger partial charge in [-0.15, -0.1) is 0 Å². The molecule has 10 heteroatoms. The third-order valence-electron chi connectivity index (χ3n) is 4.71. The van der Waals surface area contributed by atoms with Gasteiger partial charge in [-0.05, 0) is 49.6 Å². The third-order valence-corrected chi connectivity index (χ3v) is 7.01. The molecule has 30 heavy (non-hydrogen) atoms. The van der Waals surface area contributed by atoms with E-state index in [9.17, 15) is 13.2 Å². The van der Waals surface area contributed by atoms with Crippen LogP contribution in [0.4, 0.5) is 0 Å². The number of hydrogen-bond donors (Lipinski definition) is 2. The number of nitrogens with one attached hydrogen (secondary N) is 2. The Morgan fingerprint density at radius 1 is 1.07 bits per heavy atom. The number of benzene rings is 2. The molecule has 1 saturated carbocycles. The maximum atomic E-state index is 12.8. The zero-order valence-electron chi connectivity index (χ0n) is 16.7. The molecular formula is C20H22Cl2N2O5S. The Hall–Kier alpha value is -2.00. The summed E-state index contributed by atoms with van der Waals surface area (Å²) >= 11 is 12.3. The van der Waals surface area contributed by atoms with E-state index in [4.69, 9.17) is 32.7 Å². The minimum Gasteiger partial charge on any atom is -0.493 e. The number of hydrogen-bond acceptors (Lipinski definition) is 5. The summed E-state index contributed by atoms with van der Waals surface area (Å²) in [7, 11) is -0.788. The van der Waals surface area contributed by atoms with Crippen molar-refractivity contribution in [2.24, 2.45) is 0 Å². The van der Waals surface area contributed by atoms with E-state index >= 15 is 0 Å². The first kappa shape index (κ1) is 22.7. The van der Waals surface area contributed by atoms with Gasteiger partial charge in [0.1, 0.15) is 4.90 Å². The number of ether oxygens (including phenoxy) is 2. The minimum atomic E-state index is -3.85. The Balaban J connectivity index is 1.85. The van der Waals surface area contributed by atoms with E-state index in [0.29, 0.717) is 11.5 Å². The summed E-state index contributed by atoms with van der Waals surface area (Å²) < 4.78 is 38.2. The zero-order valence-corrected chi connectivity index (χ0v) is 19.0. The molecule has 0 radical (unpaired) electrons. The predicted octanol–water partition coefficient (Wildman–Crippen LogP) is 3.94. The van der Waals surface area contributed by atoms with Crippen LogP contribution in [0.15, 0.2) is 35.2 Å². The number of amides is 1. The third kappa shape index (κ3) is 5.00. The number of halogens is 2. The molecule has 2 aromatic rings. The summed E-state index contributed by atoms with van der Waals surface area (Å²) in [5.74, 6) is 0.570. The summed E-state index contributed by atoms with van der Waals surface area (Å²) in [6.07, 6.45) is 1.56. The van der Waals surface area contributed by atoms with Crippen LogP contribution in [0.25, 0.3) is 0 Å². The van der Waals surface area contributed by atoms with E-state index < -0.39 is 22.0 Å². The van der Waals surface area contributed by atoms with Crippen LogP contribution >= 0.6 is 23.2 Å². The molecule has 1 aliphatic carbocycles. The van der Waals surface area contributed by atoms with Crippen molar-refractivity contribution in [1.29, 1.82) is 0 Å². The van der Waals surface area contributed by atoms with Crippen molar-refractivity contribution in [2.75, 3.05) is 14.2 Å². The highest BCUT2D eigenvalue weighted by Gasteiger charge is 2.30. The van der Waals surface area contributed by atoms with Gasteiger partial charge in [-0.1, -0.05) is 29.3 Å². The quantitative estimate of drug-likeness (QED) is 0.606. The zero-order chi connectivity index (χ0) is 22.1. The van der Waals surface area contributed by atoms with Crippen molar-refractivity contribution in [1.82, 2.24) is 10.0 Å². The first-order chi connectivity index (χ1) is 14.2. The van der Waals surface area contributed by atoms with Crippen molar-refractivity contribution >= 4 is 39.1 Å². The van der Waals surface area contributed by atoms with Gasteiger partial charge in [0.25, 0.3) is 5.91 Å². The smallest absolute Gasteiger partial charge is 0.253 e. The highest BCUT2D eigenvalue weighted by molar-refractivity contribution is 7.89. The molecule has 2 N–H and O–H groups in total. The Morgan fingerprint density at radius 3 is 2.33 bits per heavy atom. The second-order valence-electron chi connectivity index (χ2n) is 6.97. The van der Waals surface area contributed by atoms with Crippen molar-refractivity contribution in [3.63, 3.8) is 0 Å². The molecule has 7 nitrogen and oxygen atoms in total. The second-order valence-corrected chi connectivity index (χ2v) is 9.46. The Kier molecular flexibility index (Phi) is 6.81. The van der Waals surface area contributed by atoms with Crippen molar-refractivity contribution in [2.45, 2.75) is 36.7 Å². The van der Waals surface area contributed by atoms with Gasteiger partial charge in [0, 0.05) is 6.04 Å². The SMILES string of the molecule is COc1ccc(C(C)NC(=O)c2cc(S(=O)(=O)NC3CC3)c(Cl)cc2Cl)cc1OC. The Labute approximate surface area is 185 Å². The highest BCUT2D eigenvalue weighted by atomic mass is 35.5. The number of rotatable bonds is 8. The summed E-state index contributed by atoms with van der Waals surface area (Å²) in [5, 5.41) is 2.83. The van der Waals surface area contributed by atoms with Crippen molar-refractivity contribution in [3.05, 3.63) is 51.5 Å². The van der Waals surface area contributed by atoms with Crippen LogP contribution < -0.4 is 19.5 Å². The molecule has 0 aliphatic heterocycles. The monoisotopic (exact) mass is 472 g/mol. The molecule has 1 fully saturated rings. The Morgan fingerprint density at radius 2 is 1.73 bits per heavy atom. The largest absolute Gasteiger partial charge is 0.493 e. The van der Waals surface area contributed by atoms with Gasteiger partial charge in [-0.25, -0.2) is 13.1 Å². The molecule has 0 saturated heterocycles. The summed E-state index contributed by atoms with van der Waals surface area (Å²) in [6.45, 7) is 1.79. The lowest BCUT2D eigenvalue weighted by atomic mass is 10.1. The molecule has 0 aromatic heterocycles. The maximum Gasteiger partial charge on any atom is 0.253 e. The predicted molar refractivity (Wildman–Crippen MR) is 115 cm³/mol. The lowest BCUT2D eigenvalue weighted by Gasteiger charge is -2.18. The summed E-state index contributed by atoms with van der Waals surface area (Å²) in [5.41, 5.74) is 0.791. The molecule has 3 rings (SSSR count). The second kappa shape index (κ2) is 9.01. The molecule has 1 amide bonds. The van der Waals surface area contributed by atoms with Gasteiger partial charge in [-0.2, -0.15) is 0 Å². The van der Waals surface area contributed by atoms with E-state index in [1.54, 1.807) is 25.1 Å². The van der Waals surface area contributed by atoms with Crippen molar-refractivity contribution < 1.29 is 22.7 Å². The molecule has 1 unspecified atom stereocenters. The van der Waals surface area contributed by atoms with Gasteiger partial charge < -0.3 is 14.8 Å². The molecule has 0 heterocycles. The van der Waals surface area contributed by atoms with E-state index in [1.165, 1.54) is 26.4 Å². The van der Waals surface area contributed by atoms with E-state index in [2.05, 4.69) is 10.0 Å². The highest BCUT2D eigenvalue weighted by Crippen LogP contribution is 2.32. The fraction of sp³-hybridized carbons (Fsp3) is 0.350. The van der Waals surface area contributed by atoms with Crippen LogP contribution in [0.3, 0.4) is 0 Å². The summed E-state index contributed by atoms with van der Waals surface area (Å²) in [4.78, 5) is 12.7. The minimum absolute atomic E-state index is 0.0181. The number of carbonyl (C=O) groups is 1. The van der Waals surface area contributed by atoms with Gasteiger partial charge in [0.2, 0.25) is 10.0 Å². The molecule has 2 aromatic carbocycles. The van der Waals surface area contributed by atoms with Gasteiger partial charge in [-0.3, -0.25) is 4.79 Å². The first-order valence-electron chi connectivity index (χ1n) is 9.20. The maximum absolute atomic E-state index is 12.8. The van der Waals surface area contributed by atoms with Crippen LogP contribution in [0.1, 0.15) is 41.7 Å². The van der Waals surface area contributed by atoms with E-state index in [0.717, 1.165) is 18.4 Å². The molecular weight excluding hydrogens is 451 g/mol. The fourth-order valence-electron chi connectivity index (χ4n) is 2.87. The van der Waals surface area contributed by atoms with Gasteiger partial charge in [0.05, 0.1) is 35.9 Å². The average molecular weight is 473 g/mol. The fourth-order valence-corrected chi connectivity index (χ4v) is 5.04. The van der Waals surface area contributed by atoms with Crippen LogP contribution in [0.2, 0.25) is 10.0 Å². The van der Waals surface area contributed by atoms with Gasteiger partial charge in [0.15, 0.2) is 11.5 Å². The average Bonchev–Trinajstić information content (AvgIpc) is 3.50. The first-order valence-corrected chi connectivity index (χ1v) is 11.4. The van der Waals surface area contributed by atoms with E-state index in [1.807, 2.05) is 0 Å². The van der Waals surface area contributed by atoms with Crippen LogP contribution in [-0.2, 0) is 10.0 Å². The lowest BCUT2D eigenvalue weighted by Crippen LogP contribution is -2.29. The van der Waals surface area contributed by atoms with Crippen molar-refractivity contribution in [3.8, 4) is 11.5 Å². The standard InChI is InChI=1S/C20H22Cl2N2O5S/c1-11(12-4-7-17(28-2)18(8-12)29-3)23-20(25)14-9-19(16(22)10-15(14)21)30(26,27)24-13-5-6-13/h4,7-11,13,24H,5-6H2,1-3H3,(H,23,25). The molecule has 1 atom stereocenters. The number of carbonyl (C=O) groups excluding carboxylic acids is 1. The van der Waals surface area contributed by atoms with Gasteiger partial charge >= 0.3 is 0 Å². The lowest BCUT2D eigenvalue weighted by molar-refractivity contribution is 0.0939. The van der Waals surface area contributed by atoms with E-state index in [-0.39, 0.29) is 26.5 Å². The van der Waals surface area contributed by atoms with Crippen LogP contribution in [-0.4, -0.2) is 34.6 Å². The van der Waals surface area contributed by atoms with Crippen LogP contribution in [0, 0.1) is 0 Å². The Bertz CT molecular complexity index is 1070. The molecule has 0 spiro atoms. The summed E-state index contributed by atoms with van der Waals surface area (Å²) in [6, 6.07) is 7.25. The number of sulfonamides is 1. The topological polar surface area (TPSA) is 93.7 Å². The van der Waals surface area contributed by atoms with Crippen LogP contribution in [0.5, 0.6) is 11.5 Å². The molecule has 162 valence electrons. The number of methoxy groups -OCH3 is 2.